The molecule has 0 aromatic rings. The van der Waals surface area contributed by atoms with Gasteiger partial charge in [0.05, 0.1) is 12.8 Å². The molecule has 0 aliphatic carbocycles. The fourth-order valence-corrected chi connectivity index (χ4v) is 1.39. The summed E-state index contributed by atoms with van der Waals surface area (Å²) < 4.78 is 9.45. The van der Waals surface area contributed by atoms with Crippen LogP contribution in [0.4, 0.5) is 0 Å². The molecule has 0 saturated carbocycles. The normalized spacial score (nSPS) is 25.9. The molecule has 7 nitrogen and oxygen atoms in total. The van der Waals surface area contributed by atoms with Gasteiger partial charge in [0.15, 0.2) is 5.60 Å². The van der Waals surface area contributed by atoms with Crippen molar-refractivity contribution in [3.8, 4) is 0 Å². The van der Waals surface area contributed by atoms with E-state index < -0.39 is 43.5 Å². The van der Waals surface area contributed by atoms with Crippen LogP contribution in [0.2, 0.25) is 6.82 Å². The zero-order chi connectivity index (χ0) is 11.6. The average molecular weight is 216 g/mol. The monoisotopic (exact) mass is 216 g/mol. The van der Waals surface area contributed by atoms with Crippen molar-refractivity contribution in [1.29, 1.82) is 0 Å². The van der Waals surface area contributed by atoms with Gasteiger partial charge in [-0.15, -0.1) is 0 Å². The van der Waals surface area contributed by atoms with Crippen molar-refractivity contribution in [3.05, 3.63) is 0 Å². The predicted octanol–water partition coefficient (Wildman–Crippen LogP) is -0.634. The lowest BCUT2D eigenvalue weighted by Crippen LogP contribution is -2.53. The molecule has 2 N–H and O–H groups in total. The van der Waals surface area contributed by atoms with Gasteiger partial charge in [-0.3, -0.25) is 9.59 Å². The second-order valence-corrected chi connectivity index (χ2v) is 3.22. The summed E-state index contributed by atoms with van der Waals surface area (Å²) in [4.78, 5) is 32.4. The lowest BCUT2D eigenvalue weighted by molar-refractivity contribution is -0.174. The number of rotatable bonds is 3. The van der Waals surface area contributed by atoms with Gasteiger partial charge in [-0.2, -0.15) is 0 Å². The van der Waals surface area contributed by atoms with Crippen LogP contribution in [0.15, 0.2) is 0 Å². The molecule has 0 bridgehead atoms. The SMILES string of the molecule is CB1OC(=O)CC(CC(=O)O)(C(=O)O)O1. The summed E-state index contributed by atoms with van der Waals surface area (Å²) in [5.74, 6) is -3.61. The lowest BCUT2D eigenvalue weighted by atomic mass is 9.84. The van der Waals surface area contributed by atoms with E-state index in [2.05, 4.69) is 4.65 Å². The molecule has 82 valence electrons. The van der Waals surface area contributed by atoms with Crippen molar-refractivity contribution in [2.45, 2.75) is 25.3 Å². The molecule has 1 unspecified atom stereocenters. The Morgan fingerprint density at radius 2 is 2.13 bits per heavy atom. The standard InChI is InChI=1S/C7H9BO7/c1-8-14-5(11)3-7(15-8,6(12)13)2-4(9)10/h2-3H2,1H3,(H,9,10)(H,12,13). The maximum atomic E-state index is 11.0. The highest BCUT2D eigenvalue weighted by Crippen LogP contribution is 2.27. The molecule has 15 heavy (non-hydrogen) atoms. The van der Waals surface area contributed by atoms with Gasteiger partial charge in [0.1, 0.15) is 0 Å². The fraction of sp³-hybridized carbons (Fsp3) is 0.571. The molecule has 0 aromatic carbocycles. The first kappa shape index (κ1) is 11.5. The van der Waals surface area contributed by atoms with E-state index in [1.165, 1.54) is 6.82 Å². The third-order valence-corrected chi connectivity index (χ3v) is 1.95. The van der Waals surface area contributed by atoms with E-state index in [9.17, 15) is 14.4 Å². The van der Waals surface area contributed by atoms with Gasteiger partial charge < -0.3 is 19.5 Å². The topological polar surface area (TPSA) is 110 Å². The average Bonchev–Trinajstić information content (AvgIpc) is 1.99. The molecule has 1 heterocycles. The molecule has 1 aliphatic heterocycles. The van der Waals surface area contributed by atoms with Gasteiger partial charge in [0.2, 0.25) is 0 Å². The van der Waals surface area contributed by atoms with Crippen LogP contribution in [0.1, 0.15) is 12.8 Å². The van der Waals surface area contributed by atoms with Crippen LogP contribution in [0, 0.1) is 0 Å². The van der Waals surface area contributed by atoms with E-state index in [1.54, 1.807) is 0 Å². The number of carbonyl (C=O) groups excluding carboxylic acids is 1. The Morgan fingerprint density at radius 1 is 1.53 bits per heavy atom. The van der Waals surface area contributed by atoms with E-state index >= 15 is 0 Å². The van der Waals surface area contributed by atoms with Gasteiger partial charge in [-0.1, -0.05) is 0 Å². The second-order valence-electron chi connectivity index (χ2n) is 3.22. The summed E-state index contributed by atoms with van der Waals surface area (Å²) in [5, 5.41) is 17.4. The van der Waals surface area contributed by atoms with Crippen LogP contribution >= 0.6 is 0 Å². The van der Waals surface area contributed by atoms with Crippen LogP contribution < -0.4 is 0 Å². The highest BCUT2D eigenvalue weighted by molar-refractivity contribution is 6.46. The summed E-state index contributed by atoms with van der Waals surface area (Å²) in [6.45, 7) is 1.33. The van der Waals surface area contributed by atoms with E-state index in [-0.39, 0.29) is 0 Å². The van der Waals surface area contributed by atoms with Crippen molar-refractivity contribution in [2.75, 3.05) is 0 Å². The first-order chi connectivity index (χ1) is 6.85. The minimum absolute atomic E-state index is 0.598. The quantitative estimate of drug-likeness (QED) is 0.603. The van der Waals surface area contributed by atoms with Crippen molar-refractivity contribution in [2.24, 2.45) is 0 Å². The number of hydrogen-bond acceptors (Lipinski definition) is 5. The Balaban J connectivity index is 2.94. The van der Waals surface area contributed by atoms with Gasteiger partial charge in [-0.25, -0.2) is 4.79 Å². The van der Waals surface area contributed by atoms with Gasteiger partial charge in [0, 0.05) is 0 Å². The third kappa shape index (κ3) is 2.47. The van der Waals surface area contributed by atoms with E-state index in [0.29, 0.717) is 0 Å². The van der Waals surface area contributed by atoms with Crippen LogP contribution in [0.3, 0.4) is 0 Å². The van der Waals surface area contributed by atoms with Crippen molar-refractivity contribution < 1.29 is 33.9 Å². The smallest absolute Gasteiger partial charge is 0.510 e. The van der Waals surface area contributed by atoms with E-state index in [1.807, 2.05) is 0 Å². The number of carbonyl (C=O) groups is 3. The number of hydrogen-bond donors (Lipinski definition) is 2. The minimum atomic E-state index is -2.01. The Hall–Kier alpha value is -1.57. The molecule has 1 fully saturated rings. The summed E-state index contributed by atoms with van der Waals surface area (Å²) in [6.07, 6.45) is -1.37. The predicted molar refractivity (Wildman–Crippen MR) is 46.0 cm³/mol. The highest BCUT2D eigenvalue weighted by atomic mass is 16.6. The highest BCUT2D eigenvalue weighted by Gasteiger charge is 2.50. The molecule has 0 amide bonds. The molecular weight excluding hydrogens is 207 g/mol. The molecule has 1 aliphatic rings. The first-order valence-electron chi connectivity index (χ1n) is 4.18. The van der Waals surface area contributed by atoms with Crippen molar-refractivity contribution >= 4 is 25.0 Å². The summed E-state index contributed by atoms with van der Waals surface area (Å²) in [7, 11) is -1.05. The Kier molecular flexibility index (Phi) is 2.99. The molecule has 0 radical (unpaired) electrons. The molecule has 1 rings (SSSR count). The molecule has 1 saturated heterocycles. The molecule has 0 aromatic heterocycles. The van der Waals surface area contributed by atoms with E-state index in [0.717, 1.165) is 0 Å². The van der Waals surface area contributed by atoms with Crippen LogP contribution in [-0.2, 0) is 23.7 Å². The minimum Gasteiger partial charge on any atom is -0.510 e. The van der Waals surface area contributed by atoms with Gasteiger partial charge >= 0.3 is 19.1 Å². The first-order valence-corrected chi connectivity index (χ1v) is 4.18. The van der Waals surface area contributed by atoms with Crippen LogP contribution in [0.5, 0.6) is 0 Å². The molecular formula is C7H9BO7. The Bertz CT molecular complexity index is 310. The summed E-state index contributed by atoms with van der Waals surface area (Å²) in [6, 6.07) is 0. The molecule has 8 heteroatoms. The van der Waals surface area contributed by atoms with Crippen molar-refractivity contribution in [3.63, 3.8) is 0 Å². The summed E-state index contributed by atoms with van der Waals surface area (Å²) >= 11 is 0. The Labute approximate surface area is 85.1 Å². The van der Waals surface area contributed by atoms with Crippen LogP contribution in [0.25, 0.3) is 0 Å². The largest absolute Gasteiger partial charge is 0.524 e. The maximum absolute atomic E-state index is 11.0. The van der Waals surface area contributed by atoms with Crippen LogP contribution in [-0.4, -0.2) is 40.8 Å². The zero-order valence-electron chi connectivity index (χ0n) is 7.93. The number of aliphatic carboxylic acids is 2. The maximum Gasteiger partial charge on any atom is 0.524 e. The van der Waals surface area contributed by atoms with E-state index in [4.69, 9.17) is 14.9 Å². The second kappa shape index (κ2) is 3.89. The fourth-order valence-electron chi connectivity index (χ4n) is 1.39. The number of carboxylic acids is 2. The lowest BCUT2D eigenvalue weighted by Gasteiger charge is -2.33. The Morgan fingerprint density at radius 3 is 2.53 bits per heavy atom. The van der Waals surface area contributed by atoms with Gasteiger partial charge in [-0.05, 0) is 6.82 Å². The number of carboxylic acid groups (broad SMARTS) is 2. The molecule has 0 spiro atoms. The van der Waals surface area contributed by atoms with Crippen molar-refractivity contribution in [1.82, 2.24) is 0 Å². The zero-order valence-corrected chi connectivity index (χ0v) is 7.93. The molecule has 1 atom stereocenters. The van der Waals surface area contributed by atoms with Gasteiger partial charge in [0.25, 0.3) is 5.97 Å². The third-order valence-electron chi connectivity index (χ3n) is 1.95. The summed E-state index contributed by atoms with van der Waals surface area (Å²) in [5.41, 5.74) is -2.01.